The summed E-state index contributed by atoms with van der Waals surface area (Å²) in [6.07, 6.45) is 3.34. The van der Waals surface area contributed by atoms with E-state index >= 15 is 0 Å². The van der Waals surface area contributed by atoms with Crippen molar-refractivity contribution in [2.75, 3.05) is 0 Å². The van der Waals surface area contributed by atoms with E-state index in [4.69, 9.17) is 4.42 Å². The Balaban J connectivity index is 1.53. The largest absolute Gasteiger partial charge is 0.422 e. The molecule has 0 atom stereocenters. The molecule has 0 aliphatic rings. The third-order valence-corrected chi connectivity index (χ3v) is 6.27. The molecule has 5 aromatic rings. The first-order valence-corrected chi connectivity index (χ1v) is 10.5. The van der Waals surface area contributed by atoms with Crippen LogP contribution in [0.1, 0.15) is 16.7 Å². The average molecular weight is 414 g/mol. The van der Waals surface area contributed by atoms with Crippen molar-refractivity contribution in [3.05, 3.63) is 88.2 Å². The Morgan fingerprint density at radius 1 is 1.03 bits per heavy atom. The number of nitrogens with zero attached hydrogens (tertiary/aromatic N) is 4. The van der Waals surface area contributed by atoms with Crippen molar-refractivity contribution in [2.24, 2.45) is 0 Å². The molecule has 0 spiro atoms. The van der Waals surface area contributed by atoms with Gasteiger partial charge in [-0.15, -0.1) is 11.8 Å². The molecule has 0 saturated carbocycles. The van der Waals surface area contributed by atoms with Crippen molar-refractivity contribution < 1.29 is 4.42 Å². The van der Waals surface area contributed by atoms with Gasteiger partial charge in [0, 0.05) is 17.2 Å². The lowest BCUT2D eigenvalue weighted by Gasteiger charge is -2.09. The van der Waals surface area contributed by atoms with Crippen molar-refractivity contribution in [3.63, 3.8) is 0 Å². The van der Waals surface area contributed by atoms with Gasteiger partial charge in [-0.25, -0.2) is 19.4 Å². The van der Waals surface area contributed by atoms with Gasteiger partial charge in [0.25, 0.3) is 0 Å². The van der Waals surface area contributed by atoms with Crippen molar-refractivity contribution in [1.29, 1.82) is 0 Å². The lowest BCUT2D eigenvalue weighted by molar-refractivity contribution is 0.557. The molecule has 0 saturated heterocycles. The molecule has 0 aliphatic heterocycles. The standard InChI is InChI=1S/C23H18N4O2S/c1-14-8-9-18-16(10-20(28)29-21(18)15(14)2)12-30-23-19-11-26-27(22(19)24-13-25-23)17-6-4-3-5-7-17/h3-11,13H,12H2,1-2H3. The summed E-state index contributed by atoms with van der Waals surface area (Å²) >= 11 is 1.56. The van der Waals surface area contributed by atoms with Gasteiger partial charge in [-0.1, -0.05) is 30.3 Å². The lowest BCUT2D eigenvalue weighted by Crippen LogP contribution is -2.02. The molecule has 0 unspecified atom stereocenters. The maximum Gasteiger partial charge on any atom is 0.336 e. The maximum atomic E-state index is 12.1. The van der Waals surface area contributed by atoms with Gasteiger partial charge in [-0.2, -0.15) is 5.10 Å². The fourth-order valence-electron chi connectivity index (χ4n) is 3.49. The van der Waals surface area contributed by atoms with Gasteiger partial charge in [0.15, 0.2) is 5.65 Å². The number of hydrogen-bond donors (Lipinski definition) is 0. The first-order valence-electron chi connectivity index (χ1n) is 9.52. The zero-order valence-electron chi connectivity index (χ0n) is 16.5. The highest BCUT2D eigenvalue weighted by molar-refractivity contribution is 7.98. The van der Waals surface area contributed by atoms with E-state index in [1.54, 1.807) is 35.0 Å². The summed E-state index contributed by atoms with van der Waals surface area (Å²) in [7, 11) is 0. The molecule has 148 valence electrons. The van der Waals surface area contributed by atoms with Gasteiger partial charge in [0.05, 0.1) is 17.3 Å². The Kier molecular flexibility index (Phi) is 4.59. The number of thioether (sulfide) groups is 1. The zero-order valence-corrected chi connectivity index (χ0v) is 17.3. The fourth-order valence-corrected chi connectivity index (χ4v) is 4.44. The number of fused-ring (bicyclic) bond motifs is 2. The highest BCUT2D eigenvalue weighted by Gasteiger charge is 2.14. The molecule has 0 aliphatic carbocycles. The first kappa shape index (κ1) is 18.6. The van der Waals surface area contributed by atoms with Crippen LogP contribution in [0.3, 0.4) is 0 Å². The third-order valence-electron chi connectivity index (χ3n) is 5.21. The van der Waals surface area contributed by atoms with Crippen LogP contribution in [0.4, 0.5) is 0 Å². The molecular formula is C23H18N4O2S. The molecule has 7 heteroatoms. The van der Waals surface area contributed by atoms with Gasteiger partial charge < -0.3 is 4.42 Å². The minimum Gasteiger partial charge on any atom is -0.422 e. The normalized spacial score (nSPS) is 11.4. The molecular weight excluding hydrogens is 396 g/mol. The summed E-state index contributed by atoms with van der Waals surface area (Å²) in [5.74, 6) is 0.591. The van der Waals surface area contributed by atoms with E-state index in [1.807, 2.05) is 50.2 Å². The van der Waals surface area contributed by atoms with Gasteiger partial charge >= 0.3 is 5.63 Å². The summed E-state index contributed by atoms with van der Waals surface area (Å²) in [6, 6.07) is 15.5. The van der Waals surface area contributed by atoms with Crippen LogP contribution < -0.4 is 5.63 Å². The second kappa shape index (κ2) is 7.42. The second-order valence-electron chi connectivity index (χ2n) is 7.07. The topological polar surface area (TPSA) is 73.8 Å². The predicted octanol–water partition coefficient (Wildman–Crippen LogP) is 4.83. The predicted molar refractivity (Wildman–Crippen MR) is 118 cm³/mol. The molecule has 6 nitrogen and oxygen atoms in total. The number of hydrogen-bond acceptors (Lipinski definition) is 6. The van der Waals surface area contributed by atoms with E-state index in [1.165, 1.54) is 0 Å². The zero-order chi connectivity index (χ0) is 20.7. The Morgan fingerprint density at radius 3 is 2.70 bits per heavy atom. The molecule has 0 amide bonds. The van der Waals surface area contributed by atoms with E-state index in [2.05, 4.69) is 21.1 Å². The molecule has 30 heavy (non-hydrogen) atoms. The Hall–Kier alpha value is -3.45. The van der Waals surface area contributed by atoms with Gasteiger partial charge in [-0.3, -0.25) is 0 Å². The van der Waals surface area contributed by atoms with Crippen LogP contribution >= 0.6 is 11.8 Å². The van der Waals surface area contributed by atoms with Crippen molar-refractivity contribution >= 4 is 33.8 Å². The molecule has 0 radical (unpaired) electrons. The van der Waals surface area contributed by atoms with Crippen LogP contribution in [0.25, 0.3) is 27.7 Å². The van der Waals surface area contributed by atoms with Crippen LogP contribution in [0.5, 0.6) is 0 Å². The SMILES string of the molecule is Cc1ccc2c(CSc3ncnc4c3cnn4-c3ccccc3)cc(=O)oc2c1C. The molecule has 0 bridgehead atoms. The Morgan fingerprint density at radius 2 is 1.87 bits per heavy atom. The van der Waals surface area contributed by atoms with Gasteiger partial charge in [0.1, 0.15) is 16.9 Å². The van der Waals surface area contributed by atoms with Crippen LogP contribution in [0.15, 0.2) is 75.3 Å². The van der Waals surface area contributed by atoms with Crippen LogP contribution in [0, 0.1) is 13.8 Å². The molecule has 2 aromatic carbocycles. The Bertz CT molecular complexity index is 1440. The van der Waals surface area contributed by atoms with Crippen LogP contribution in [-0.4, -0.2) is 19.7 Å². The molecule has 3 aromatic heterocycles. The quantitative estimate of drug-likeness (QED) is 0.238. The van der Waals surface area contributed by atoms with E-state index in [0.29, 0.717) is 11.3 Å². The first-order chi connectivity index (χ1) is 14.6. The second-order valence-corrected chi connectivity index (χ2v) is 8.04. The summed E-state index contributed by atoms with van der Waals surface area (Å²) in [6.45, 7) is 3.99. The number of para-hydroxylation sites is 1. The van der Waals surface area contributed by atoms with E-state index in [0.717, 1.165) is 43.8 Å². The summed E-state index contributed by atoms with van der Waals surface area (Å²) in [5, 5.41) is 7.16. The van der Waals surface area contributed by atoms with Crippen LogP contribution in [0.2, 0.25) is 0 Å². The van der Waals surface area contributed by atoms with Gasteiger partial charge in [-0.05, 0) is 42.7 Å². The number of aryl methyl sites for hydroxylation is 2. The number of benzene rings is 2. The smallest absolute Gasteiger partial charge is 0.336 e. The minimum absolute atomic E-state index is 0.337. The maximum absolute atomic E-state index is 12.1. The lowest BCUT2D eigenvalue weighted by atomic mass is 10.0. The van der Waals surface area contributed by atoms with Crippen LogP contribution in [-0.2, 0) is 5.75 Å². The fraction of sp³-hybridized carbons (Fsp3) is 0.130. The monoisotopic (exact) mass is 414 g/mol. The molecule has 0 fully saturated rings. The minimum atomic E-state index is -0.337. The Labute approximate surface area is 176 Å². The highest BCUT2D eigenvalue weighted by atomic mass is 32.2. The van der Waals surface area contributed by atoms with E-state index < -0.39 is 0 Å². The van der Waals surface area contributed by atoms with Crippen molar-refractivity contribution in [3.8, 4) is 5.69 Å². The molecule has 0 N–H and O–H groups in total. The van der Waals surface area contributed by atoms with Crippen molar-refractivity contribution in [2.45, 2.75) is 24.6 Å². The number of aromatic nitrogens is 4. The third kappa shape index (κ3) is 3.17. The summed E-state index contributed by atoms with van der Waals surface area (Å²) < 4.78 is 7.29. The highest BCUT2D eigenvalue weighted by Crippen LogP contribution is 2.31. The molecule has 3 heterocycles. The summed E-state index contributed by atoms with van der Waals surface area (Å²) in [4.78, 5) is 21.0. The number of rotatable bonds is 4. The van der Waals surface area contributed by atoms with Crippen molar-refractivity contribution in [1.82, 2.24) is 19.7 Å². The van der Waals surface area contributed by atoms with E-state index in [-0.39, 0.29) is 5.63 Å². The molecule has 5 rings (SSSR count). The van der Waals surface area contributed by atoms with E-state index in [9.17, 15) is 4.79 Å². The average Bonchev–Trinajstić information content (AvgIpc) is 3.20. The van der Waals surface area contributed by atoms with Gasteiger partial charge in [0.2, 0.25) is 0 Å². The summed E-state index contributed by atoms with van der Waals surface area (Å²) in [5.41, 5.74) is 5.03.